The van der Waals surface area contributed by atoms with Crippen molar-refractivity contribution >= 4 is 21.9 Å². The Bertz CT molecular complexity index is 185. The third-order valence-electron chi connectivity index (χ3n) is 2.21. The van der Waals surface area contributed by atoms with E-state index < -0.39 is 0 Å². The van der Waals surface area contributed by atoms with Crippen LogP contribution < -0.4 is 0 Å². The van der Waals surface area contributed by atoms with Gasteiger partial charge in [0.15, 0.2) is 0 Å². The molecule has 2 nitrogen and oxygen atoms in total. The van der Waals surface area contributed by atoms with Gasteiger partial charge in [-0.05, 0) is 19.3 Å². The summed E-state index contributed by atoms with van der Waals surface area (Å²) in [7, 11) is 0. The Labute approximate surface area is 88.5 Å². The predicted octanol–water partition coefficient (Wildman–Crippen LogP) is 2.92. The van der Waals surface area contributed by atoms with E-state index in [1.165, 1.54) is 6.08 Å². The lowest BCUT2D eigenvalue weighted by atomic mass is 9.95. The van der Waals surface area contributed by atoms with Gasteiger partial charge in [-0.1, -0.05) is 36.4 Å². The summed E-state index contributed by atoms with van der Waals surface area (Å²) in [4.78, 5) is 10.7. The summed E-state index contributed by atoms with van der Waals surface area (Å²) in [6.07, 6.45) is 1.99. The molecule has 1 atom stereocenters. The molecule has 0 saturated carbocycles. The van der Waals surface area contributed by atoms with Crippen LogP contribution in [0.4, 0.5) is 0 Å². The molecule has 0 saturated heterocycles. The van der Waals surface area contributed by atoms with Crippen molar-refractivity contribution in [1.82, 2.24) is 0 Å². The molecule has 0 aliphatic carbocycles. The van der Waals surface area contributed by atoms with Crippen molar-refractivity contribution in [2.45, 2.75) is 31.5 Å². The fourth-order valence-electron chi connectivity index (χ4n) is 0.699. The number of alkyl halides is 1. The van der Waals surface area contributed by atoms with E-state index in [-0.39, 0.29) is 10.3 Å². The van der Waals surface area contributed by atoms with Gasteiger partial charge in [0.1, 0.15) is 0 Å². The van der Waals surface area contributed by atoms with Gasteiger partial charge in [0.2, 0.25) is 0 Å². The second-order valence-electron chi connectivity index (χ2n) is 3.55. The molecule has 0 spiro atoms. The Kier molecular flexibility index (Phi) is 5.30. The number of esters is 1. The minimum Gasteiger partial charge on any atom is -0.462 e. The van der Waals surface area contributed by atoms with Gasteiger partial charge in [0, 0.05) is 10.4 Å². The number of hydrogen-bond acceptors (Lipinski definition) is 2. The molecule has 0 heterocycles. The molecule has 13 heavy (non-hydrogen) atoms. The van der Waals surface area contributed by atoms with Crippen LogP contribution in [0.15, 0.2) is 12.7 Å². The minimum atomic E-state index is -0.355. The van der Waals surface area contributed by atoms with Crippen LogP contribution in [0.2, 0.25) is 0 Å². The molecule has 0 aromatic rings. The first-order valence-corrected chi connectivity index (χ1v) is 5.17. The molecule has 1 unspecified atom stereocenters. The Morgan fingerprint density at radius 3 is 2.62 bits per heavy atom. The minimum absolute atomic E-state index is 0.0362. The van der Waals surface area contributed by atoms with Crippen LogP contribution in [-0.2, 0) is 9.53 Å². The number of rotatable bonds is 5. The van der Waals surface area contributed by atoms with Gasteiger partial charge in [-0.15, -0.1) is 0 Å². The van der Waals surface area contributed by atoms with Gasteiger partial charge in [-0.2, -0.15) is 0 Å². The molecule has 0 aliphatic rings. The highest BCUT2D eigenvalue weighted by molar-refractivity contribution is 9.10. The molecule has 0 fully saturated rings. The smallest absolute Gasteiger partial charge is 0.330 e. The first kappa shape index (κ1) is 12.7. The normalized spacial score (nSPS) is 15.2. The van der Waals surface area contributed by atoms with Crippen molar-refractivity contribution in [2.24, 2.45) is 5.92 Å². The Morgan fingerprint density at radius 2 is 2.23 bits per heavy atom. The molecule has 0 radical (unpaired) electrons. The number of hydrogen-bond donors (Lipinski definition) is 0. The van der Waals surface area contributed by atoms with Crippen LogP contribution >= 0.6 is 15.9 Å². The highest BCUT2D eigenvalue weighted by Crippen LogP contribution is 2.30. The second kappa shape index (κ2) is 5.43. The van der Waals surface area contributed by atoms with Crippen molar-refractivity contribution in [2.75, 3.05) is 6.61 Å². The van der Waals surface area contributed by atoms with Crippen LogP contribution in [-0.4, -0.2) is 16.9 Å². The lowest BCUT2D eigenvalue weighted by Crippen LogP contribution is -2.25. The Balaban J connectivity index is 3.76. The van der Waals surface area contributed by atoms with E-state index in [9.17, 15) is 4.79 Å². The lowest BCUT2D eigenvalue weighted by Gasteiger charge is -2.26. The first-order valence-electron chi connectivity index (χ1n) is 4.38. The fraction of sp³-hybridized carbons (Fsp3) is 0.700. The average Bonchev–Trinajstić information content (AvgIpc) is 2.03. The van der Waals surface area contributed by atoms with Gasteiger partial charge in [0.25, 0.3) is 0 Å². The number of halogens is 1. The van der Waals surface area contributed by atoms with E-state index >= 15 is 0 Å². The van der Waals surface area contributed by atoms with Crippen LogP contribution in [0.5, 0.6) is 0 Å². The number of ether oxygens (including phenoxy) is 1. The van der Waals surface area contributed by atoms with E-state index in [2.05, 4.69) is 43.3 Å². The van der Waals surface area contributed by atoms with E-state index in [4.69, 9.17) is 4.74 Å². The van der Waals surface area contributed by atoms with Gasteiger partial charge in [-0.25, -0.2) is 4.79 Å². The first-order chi connectivity index (χ1) is 5.90. The van der Waals surface area contributed by atoms with Crippen LogP contribution in [0.3, 0.4) is 0 Å². The molecule has 0 rings (SSSR count). The quantitative estimate of drug-likeness (QED) is 0.425. The van der Waals surface area contributed by atoms with Crippen molar-refractivity contribution < 1.29 is 9.53 Å². The monoisotopic (exact) mass is 248 g/mol. The molecule has 0 aliphatic heterocycles. The van der Waals surface area contributed by atoms with E-state index in [1.54, 1.807) is 0 Å². The van der Waals surface area contributed by atoms with Crippen molar-refractivity contribution in [3.63, 3.8) is 0 Å². The SMILES string of the molecule is C=CC(=O)OCCC(C)(Br)C(C)C. The standard InChI is InChI=1S/C10H17BrO2/c1-5-9(12)13-7-6-10(4,11)8(2)3/h5,8H,1,6-7H2,2-4H3. The van der Waals surface area contributed by atoms with E-state index in [1.807, 2.05) is 0 Å². The summed E-state index contributed by atoms with van der Waals surface area (Å²) in [6.45, 7) is 10.1. The van der Waals surface area contributed by atoms with E-state index in [0.29, 0.717) is 12.5 Å². The summed E-state index contributed by atoms with van der Waals surface area (Å²) < 4.78 is 4.93. The fourth-order valence-corrected chi connectivity index (χ4v) is 0.861. The zero-order valence-electron chi connectivity index (χ0n) is 8.47. The lowest BCUT2D eigenvalue weighted by molar-refractivity contribution is -0.138. The van der Waals surface area contributed by atoms with Gasteiger partial charge in [0.05, 0.1) is 6.61 Å². The van der Waals surface area contributed by atoms with Gasteiger partial charge in [-0.3, -0.25) is 0 Å². The maximum atomic E-state index is 10.7. The maximum Gasteiger partial charge on any atom is 0.330 e. The van der Waals surface area contributed by atoms with E-state index in [0.717, 1.165) is 6.42 Å². The molecular formula is C10H17BrO2. The molecule has 3 heteroatoms. The summed E-state index contributed by atoms with van der Waals surface area (Å²) in [5.41, 5.74) is 0. The molecule has 0 aromatic carbocycles. The van der Waals surface area contributed by atoms with Gasteiger partial charge >= 0.3 is 5.97 Å². The average molecular weight is 249 g/mol. The largest absolute Gasteiger partial charge is 0.462 e. The molecule has 0 bridgehead atoms. The summed E-state index contributed by atoms with van der Waals surface area (Å²) >= 11 is 3.60. The highest BCUT2D eigenvalue weighted by Gasteiger charge is 2.24. The molecule has 0 amide bonds. The second-order valence-corrected chi connectivity index (χ2v) is 5.37. The maximum absolute atomic E-state index is 10.7. The van der Waals surface area contributed by atoms with Crippen LogP contribution in [0, 0.1) is 5.92 Å². The summed E-state index contributed by atoms with van der Waals surface area (Å²) in [6, 6.07) is 0. The zero-order chi connectivity index (χ0) is 10.5. The zero-order valence-corrected chi connectivity index (χ0v) is 10.1. The van der Waals surface area contributed by atoms with Crippen molar-refractivity contribution in [1.29, 1.82) is 0 Å². The third-order valence-corrected chi connectivity index (χ3v) is 3.52. The molecule has 0 N–H and O–H groups in total. The topological polar surface area (TPSA) is 26.3 Å². The summed E-state index contributed by atoms with van der Waals surface area (Å²) in [5, 5.41) is 0. The molecule has 76 valence electrons. The summed E-state index contributed by atoms with van der Waals surface area (Å²) in [5.74, 6) is 0.155. The van der Waals surface area contributed by atoms with Crippen molar-refractivity contribution in [3.8, 4) is 0 Å². The predicted molar refractivity (Wildman–Crippen MR) is 57.9 cm³/mol. The number of carbonyl (C=O) groups excluding carboxylic acids is 1. The third kappa shape index (κ3) is 5.09. The van der Waals surface area contributed by atoms with Crippen LogP contribution in [0.25, 0.3) is 0 Å². The van der Waals surface area contributed by atoms with Crippen LogP contribution in [0.1, 0.15) is 27.2 Å². The highest BCUT2D eigenvalue weighted by atomic mass is 79.9. The Hall–Kier alpha value is -0.310. The Morgan fingerprint density at radius 1 is 1.69 bits per heavy atom. The molecular weight excluding hydrogens is 232 g/mol. The van der Waals surface area contributed by atoms with Gasteiger partial charge < -0.3 is 4.74 Å². The molecule has 0 aromatic heterocycles. The van der Waals surface area contributed by atoms with Crippen molar-refractivity contribution in [3.05, 3.63) is 12.7 Å². The number of carbonyl (C=O) groups is 1.